The number of pyridine rings is 3. The first kappa shape index (κ1) is 90.1. The fourth-order valence-corrected chi connectivity index (χ4v) is 13.4. The molecule has 5 N–H and O–H groups in total. The average molecular weight is 1750 g/mol. The molecule has 6 aliphatic carbocycles. The molecule has 2 radical (unpaired) electrons. The summed E-state index contributed by atoms with van der Waals surface area (Å²) in [5.74, 6) is 3.01. The fourth-order valence-electron chi connectivity index (χ4n) is 13.2. The van der Waals surface area contributed by atoms with E-state index < -0.39 is 29.1 Å². The molecule has 3 heterocycles. The molecule has 600 valence electrons. The number of aromatic hydroxyl groups is 1. The number of carbonyl (C=O) groups is 2. The number of nitrogens with one attached hydrogen (secondary N) is 2. The van der Waals surface area contributed by atoms with Gasteiger partial charge >= 0.3 is 12.2 Å². The second kappa shape index (κ2) is 39.4. The molecule has 2 amide bonds. The van der Waals surface area contributed by atoms with Gasteiger partial charge in [0, 0.05) is 135 Å². The molecule has 116 heavy (non-hydrogen) atoms. The maximum absolute atomic E-state index is 15.2. The Balaban J connectivity index is 0.000000184. The number of rotatable bonds is 22. The minimum Gasteiger partial charge on any atom is -0.505 e. The third kappa shape index (κ3) is 21.7. The molecule has 19 nitrogen and oxygen atoms in total. The number of ether oxygens (including phenoxy) is 10. The number of nitrogens with zero attached hydrogens (tertiary/aromatic N) is 3. The molecule has 0 saturated heterocycles. The van der Waals surface area contributed by atoms with E-state index in [0.717, 1.165) is 108 Å². The first-order chi connectivity index (χ1) is 53.6. The Morgan fingerprint density at radius 2 is 0.810 bits per heavy atom. The summed E-state index contributed by atoms with van der Waals surface area (Å²) in [6, 6.07) is 45.3. The van der Waals surface area contributed by atoms with Gasteiger partial charge in [-0.15, -0.1) is 0 Å². The summed E-state index contributed by atoms with van der Waals surface area (Å²) in [6.45, 7) is 7.36. The van der Waals surface area contributed by atoms with Gasteiger partial charge in [0.2, 0.25) is 0 Å². The van der Waals surface area contributed by atoms with Gasteiger partial charge in [-0.2, -0.15) is 0 Å². The molecular formula is C91H94ClF3N6O13Y2. The van der Waals surface area contributed by atoms with Gasteiger partial charge in [0.15, 0.2) is 69.2 Å². The standard InChI is InChI=1S/C32H29FN2O5.C24H23FN2O3.C22H21ClN2O4.C10H9FO.3CH4.2Y/c1-20-14-22-8-9-27(30(33)23(22)15-20)40-26-10-13-34-25-17-29(28(37-2)16-24(25)26)39-19-32(11-12-32)35-31(36)38-18-21-6-4-3-5-7-21;1-14-9-15-3-4-20(23(25)16(15)10-14)30-19-5-8-27-18-12-22(21(28-2)11-17(18)19)29-13-24(26)6-7-24;1-27-19-11-16-17(23)7-10-24-18(16)12-20(19)29-14-22(8-9-22)25-21(26)28-13-15-5-3-2-4-6-15;1-6-4-7-2-3-9(12)10(11)8(7)5-6;;;;;/h3-10,13,15-17H,11-12,14,18-19H2,1-2H3,(H,35,36);3-5,8,10-12H,6-7,9,13,26H2,1-2H3;2-7,10-12H,8-9,13-14H2,1H3,(H,25,26);2-3,5,12H,4H2,1H3;3*1H4;;. The summed E-state index contributed by atoms with van der Waals surface area (Å²) in [6.07, 6.45) is 16.9. The van der Waals surface area contributed by atoms with Gasteiger partial charge in [-0.1, -0.05) is 148 Å². The van der Waals surface area contributed by atoms with Crippen LogP contribution in [0.15, 0.2) is 187 Å². The zero-order valence-corrected chi connectivity index (χ0v) is 69.7. The molecule has 3 aromatic heterocycles. The van der Waals surface area contributed by atoms with Crippen LogP contribution in [0.3, 0.4) is 0 Å². The smallest absolute Gasteiger partial charge is 0.408 e. The van der Waals surface area contributed by atoms with Gasteiger partial charge < -0.3 is 68.8 Å². The van der Waals surface area contributed by atoms with Crippen molar-refractivity contribution in [3.63, 3.8) is 0 Å². The topological polar surface area (TPSA) is 235 Å². The van der Waals surface area contributed by atoms with E-state index in [1.54, 1.807) is 119 Å². The minimum atomic E-state index is -0.496. The number of carbonyl (C=O) groups excluding carboxylic acids is 2. The number of alkyl carbamates (subject to hydrolysis) is 2. The Morgan fingerprint density at radius 1 is 0.448 bits per heavy atom. The van der Waals surface area contributed by atoms with Crippen LogP contribution < -0.4 is 54.3 Å². The molecule has 25 heteroatoms. The Bertz CT molecular complexity index is 5480. The first-order valence-electron chi connectivity index (χ1n) is 36.4. The van der Waals surface area contributed by atoms with E-state index in [-0.39, 0.29) is 142 Å². The number of allylic oxidation sites excluding steroid dienone is 3. The quantitative estimate of drug-likeness (QED) is 0.0494. The van der Waals surface area contributed by atoms with E-state index in [9.17, 15) is 14.0 Å². The summed E-state index contributed by atoms with van der Waals surface area (Å²) in [7, 11) is 4.70. The van der Waals surface area contributed by atoms with Crippen molar-refractivity contribution in [2.45, 2.75) is 131 Å². The monoisotopic (exact) mass is 1750 g/mol. The van der Waals surface area contributed by atoms with Gasteiger partial charge in [0.25, 0.3) is 0 Å². The van der Waals surface area contributed by atoms with Crippen LogP contribution in [0.1, 0.15) is 126 Å². The third-order valence-electron chi connectivity index (χ3n) is 20.0. The van der Waals surface area contributed by atoms with E-state index in [0.29, 0.717) is 108 Å². The molecule has 6 aliphatic rings. The van der Waals surface area contributed by atoms with Crippen molar-refractivity contribution in [2.24, 2.45) is 5.73 Å². The Labute approximate surface area is 729 Å². The Kier molecular flexibility index (Phi) is 30.6. The number of hydrogen-bond acceptors (Lipinski definition) is 17. The van der Waals surface area contributed by atoms with Crippen LogP contribution in [-0.4, -0.2) is 90.0 Å². The van der Waals surface area contributed by atoms with Crippen molar-refractivity contribution in [3.8, 4) is 63.2 Å². The third-order valence-corrected chi connectivity index (χ3v) is 20.3. The van der Waals surface area contributed by atoms with Gasteiger partial charge in [-0.05, 0) is 161 Å². The van der Waals surface area contributed by atoms with Crippen LogP contribution in [0.4, 0.5) is 22.8 Å². The van der Waals surface area contributed by atoms with Gasteiger partial charge in [0.1, 0.15) is 44.5 Å². The molecule has 17 rings (SSSR count). The molecule has 0 unspecified atom stereocenters. The van der Waals surface area contributed by atoms with Crippen LogP contribution in [-0.2, 0) is 107 Å². The van der Waals surface area contributed by atoms with Crippen molar-refractivity contribution >= 4 is 74.7 Å². The predicted molar refractivity (Wildman–Crippen MR) is 439 cm³/mol. The number of phenolic OH excluding ortho intramolecular Hbond substituents is 1. The first-order valence-corrected chi connectivity index (χ1v) is 36.7. The average Bonchev–Trinajstić information content (AvgIpc) is 1.28. The Hall–Kier alpha value is -9.80. The summed E-state index contributed by atoms with van der Waals surface area (Å²) in [4.78, 5) is 37.8. The normalized spacial score (nSPS) is 14.3. The maximum Gasteiger partial charge on any atom is 0.408 e. The number of phenols is 1. The molecule has 11 aromatic rings. The molecule has 0 aliphatic heterocycles. The van der Waals surface area contributed by atoms with E-state index in [1.807, 2.05) is 106 Å². The predicted octanol–water partition coefficient (Wildman–Crippen LogP) is 21.1. The summed E-state index contributed by atoms with van der Waals surface area (Å²) in [5, 5.41) is 17.7. The number of halogens is 4. The molecule has 3 fully saturated rings. The number of methoxy groups -OCH3 is 3. The second-order valence-electron chi connectivity index (χ2n) is 28.7. The number of benzene rings is 8. The largest absolute Gasteiger partial charge is 0.505 e. The van der Waals surface area contributed by atoms with E-state index >= 15 is 8.78 Å². The fraction of sp³-hybridized carbons (Fsp3) is 0.286. The van der Waals surface area contributed by atoms with Crippen molar-refractivity contribution in [2.75, 3.05) is 41.2 Å². The number of hydrogen-bond donors (Lipinski definition) is 4. The molecule has 0 atom stereocenters. The molecular weight excluding hydrogens is 1660 g/mol. The minimum absolute atomic E-state index is 0. The summed E-state index contributed by atoms with van der Waals surface area (Å²) in [5.41, 5.74) is 16.8. The zero-order chi connectivity index (χ0) is 77.6. The van der Waals surface area contributed by atoms with Crippen LogP contribution >= 0.6 is 11.6 Å². The van der Waals surface area contributed by atoms with E-state index in [4.69, 9.17) is 69.8 Å². The summed E-state index contributed by atoms with van der Waals surface area (Å²) >= 11 is 6.23. The second-order valence-corrected chi connectivity index (χ2v) is 29.1. The summed E-state index contributed by atoms with van der Waals surface area (Å²) < 4.78 is 101. The van der Waals surface area contributed by atoms with Crippen LogP contribution in [0, 0.1) is 17.5 Å². The number of fused-ring (bicyclic) bond motifs is 6. The maximum atomic E-state index is 15.2. The molecule has 0 bridgehead atoms. The van der Waals surface area contributed by atoms with Gasteiger partial charge in [-0.25, -0.2) is 22.8 Å². The molecule has 8 aromatic carbocycles. The number of aromatic nitrogens is 3. The van der Waals surface area contributed by atoms with Gasteiger partial charge in [0.05, 0.1) is 59.5 Å². The number of amides is 2. The van der Waals surface area contributed by atoms with Crippen LogP contribution in [0.5, 0.6) is 63.2 Å². The molecule has 3 saturated carbocycles. The van der Waals surface area contributed by atoms with E-state index in [1.165, 1.54) is 6.07 Å². The van der Waals surface area contributed by atoms with Crippen molar-refractivity contribution in [1.29, 1.82) is 0 Å². The van der Waals surface area contributed by atoms with Gasteiger partial charge in [-0.3, -0.25) is 15.0 Å². The van der Waals surface area contributed by atoms with Crippen LogP contribution in [0.25, 0.3) is 50.9 Å². The van der Waals surface area contributed by atoms with Crippen molar-refractivity contribution in [1.82, 2.24) is 25.6 Å². The van der Waals surface area contributed by atoms with Crippen LogP contribution in [0.2, 0.25) is 5.02 Å². The number of nitrogens with two attached hydrogens (primary N) is 1. The van der Waals surface area contributed by atoms with Crippen molar-refractivity contribution < 1.29 is 141 Å². The SMILES string of the molecule is C.C.C.CC1=Cc2c(ccc(O)c2F)C1.COc1cc2c(Cl)ccnc2cc1OCC1(NC(=O)OCc2ccccc2)CC1.COc1cc2c(Oc3ccc4c(c3F)C=C(C)C4)ccnc2cc1OCC1(N)CC1.COc1cc2c(Oc3ccc4c(c3F)C=C(C)C4)ccnc2cc1OCC1(NC(=O)OCc2ccccc2)CC1.[Y].[Y]. The Morgan fingerprint density at radius 3 is 1.20 bits per heavy atom. The zero-order valence-electron chi connectivity index (χ0n) is 63.2. The van der Waals surface area contributed by atoms with E-state index in [2.05, 4.69) is 25.6 Å². The molecule has 0 spiro atoms. The van der Waals surface area contributed by atoms with Crippen molar-refractivity contribution in [3.05, 3.63) is 254 Å².